The largest absolute Gasteiger partial charge is 0.394 e. The van der Waals surface area contributed by atoms with E-state index < -0.39 is 102 Å². The fourth-order valence-electron chi connectivity index (χ4n) is 14.5. The number of fused-ring (bicyclic) bond motifs is 2. The smallest absolute Gasteiger partial charge is 0.186 e. The number of ether oxygens (including phenoxy) is 5. The van der Waals surface area contributed by atoms with Gasteiger partial charge in [-0.05, 0) is 111 Å². The number of hydrogen-bond acceptors (Lipinski definition) is 14. The molecular weight excluding hydrogens is 716 g/mol. The molecule has 3 heterocycles. The van der Waals surface area contributed by atoms with Crippen LogP contribution in [0.4, 0.5) is 0 Å². The number of aliphatic hydroxyl groups is 8. The first-order valence-corrected chi connectivity index (χ1v) is 20.7. The molecule has 3 saturated heterocycles. The zero-order valence-electron chi connectivity index (χ0n) is 33.5. The van der Waals surface area contributed by atoms with E-state index in [2.05, 4.69) is 34.6 Å². The molecule has 8 rings (SSSR count). The molecule has 8 aliphatic rings. The van der Waals surface area contributed by atoms with Gasteiger partial charge in [-0.25, -0.2) is 0 Å². The Balaban J connectivity index is 1.15. The second-order valence-corrected chi connectivity index (χ2v) is 20.9. The van der Waals surface area contributed by atoms with Crippen molar-refractivity contribution in [2.45, 2.75) is 191 Å². The molecule has 5 unspecified atom stereocenters. The Labute approximate surface area is 323 Å². The van der Waals surface area contributed by atoms with E-state index in [0.29, 0.717) is 32.1 Å². The summed E-state index contributed by atoms with van der Waals surface area (Å²) >= 11 is 0. The number of carbonyl (C=O) groups excluding carboxylic acids is 1. The van der Waals surface area contributed by atoms with Gasteiger partial charge in [0.05, 0.1) is 48.6 Å². The molecule has 0 aromatic heterocycles. The molecule has 5 aliphatic carbocycles. The van der Waals surface area contributed by atoms with Crippen molar-refractivity contribution in [2.24, 2.45) is 44.8 Å². The fraction of sp³-hybridized carbons (Fsp3) is 0.976. The number of aliphatic hydroxyl groups excluding tert-OH is 7. The number of ketones is 1. The van der Waals surface area contributed by atoms with E-state index in [1.807, 2.05) is 0 Å². The number of rotatable bonds is 7. The maximum atomic E-state index is 14.6. The predicted molar refractivity (Wildman–Crippen MR) is 193 cm³/mol. The minimum atomic E-state index is -1.61. The molecule has 5 saturated carbocycles. The molecule has 0 aromatic carbocycles. The van der Waals surface area contributed by atoms with Gasteiger partial charge in [-0.2, -0.15) is 0 Å². The highest BCUT2D eigenvalue weighted by atomic mass is 16.7. The molecule has 8 fully saturated rings. The second kappa shape index (κ2) is 13.1. The Hall–Kier alpha value is -0.850. The number of hydrogen-bond donors (Lipinski definition) is 8. The fourth-order valence-corrected chi connectivity index (χ4v) is 14.5. The van der Waals surface area contributed by atoms with Crippen LogP contribution in [0.5, 0.6) is 0 Å². The number of Topliss-reactive ketones (excluding diaryl/α,β-unsaturated/α-hetero) is 1. The van der Waals surface area contributed by atoms with Crippen LogP contribution in [0.2, 0.25) is 0 Å². The lowest BCUT2D eigenvalue weighted by Crippen LogP contribution is -2.65. The maximum absolute atomic E-state index is 14.6. The lowest BCUT2D eigenvalue weighted by Gasteiger charge is -2.65. The van der Waals surface area contributed by atoms with E-state index >= 15 is 0 Å². The van der Waals surface area contributed by atoms with Gasteiger partial charge in [-0.3, -0.25) is 4.79 Å². The van der Waals surface area contributed by atoms with E-state index in [0.717, 1.165) is 25.7 Å². The molecule has 0 bridgehead atoms. The van der Waals surface area contributed by atoms with Crippen molar-refractivity contribution in [3.8, 4) is 0 Å². The van der Waals surface area contributed by atoms with Gasteiger partial charge in [0.1, 0.15) is 48.5 Å². The quantitative estimate of drug-likeness (QED) is 0.168. The molecule has 0 radical (unpaired) electrons. The van der Waals surface area contributed by atoms with Crippen molar-refractivity contribution in [1.82, 2.24) is 0 Å². The molecule has 14 heteroatoms. The van der Waals surface area contributed by atoms with Gasteiger partial charge in [0.15, 0.2) is 12.6 Å². The Bertz CT molecular complexity index is 1500. The number of carbonyl (C=O) groups is 1. The second-order valence-electron chi connectivity index (χ2n) is 20.9. The van der Waals surface area contributed by atoms with Gasteiger partial charge in [0, 0.05) is 6.42 Å². The first-order chi connectivity index (χ1) is 25.5. The van der Waals surface area contributed by atoms with Crippen LogP contribution >= 0.6 is 0 Å². The minimum Gasteiger partial charge on any atom is -0.394 e. The molecular formula is C41H66O14. The lowest BCUT2D eigenvalue weighted by molar-refractivity contribution is -0.339. The van der Waals surface area contributed by atoms with Crippen molar-refractivity contribution in [3.63, 3.8) is 0 Å². The Morgan fingerprint density at radius 3 is 2.15 bits per heavy atom. The summed E-state index contributed by atoms with van der Waals surface area (Å²) in [5.41, 5.74) is -3.57. The molecule has 20 atom stereocenters. The zero-order valence-corrected chi connectivity index (χ0v) is 33.5. The van der Waals surface area contributed by atoms with E-state index in [1.54, 1.807) is 13.8 Å². The lowest BCUT2D eigenvalue weighted by atomic mass is 9.41. The van der Waals surface area contributed by atoms with Crippen LogP contribution < -0.4 is 0 Å². The van der Waals surface area contributed by atoms with E-state index in [9.17, 15) is 45.6 Å². The molecule has 8 N–H and O–H groups in total. The first-order valence-electron chi connectivity index (χ1n) is 20.7. The Kier molecular flexibility index (Phi) is 9.72. The third kappa shape index (κ3) is 5.63. The van der Waals surface area contributed by atoms with Gasteiger partial charge in [-0.15, -0.1) is 0 Å². The van der Waals surface area contributed by atoms with Crippen LogP contribution in [0.1, 0.15) is 106 Å². The molecule has 0 aromatic rings. The van der Waals surface area contributed by atoms with Crippen LogP contribution in [0, 0.1) is 44.8 Å². The van der Waals surface area contributed by atoms with Crippen LogP contribution in [0.25, 0.3) is 0 Å². The van der Waals surface area contributed by atoms with Crippen molar-refractivity contribution >= 4 is 5.78 Å². The molecule has 2 spiro atoms. The standard InChI is InChI=1S/C41H66O14/c1-35(2)24(54-33-29(48)26(45)20(44)17-51-33)9-11-41-18-40(41)13-12-37(5)31(39(7)10-8-25(55-39)36(3,4)50)19(43)15-38(37,6)23(40)14-21(32(35)41)52-34-30(49)28(47)27(46)22(16-42)53-34/h20-34,42,44-50H,8-18H2,1-7H3/t20-,21+,22-,23?,24+,25+,26+,27-,28+,29-,30-,31?,32?,33+,34-,37-,38+,39-,40?,41?/m1/s1. The van der Waals surface area contributed by atoms with Crippen LogP contribution in [0.15, 0.2) is 0 Å². The summed E-state index contributed by atoms with van der Waals surface area (Å²) < 4.78 is 31.8. The SMILES string of the molecule is CC(C)(O)[C@@H]1CC[C@](C)(C2C(=O)C[C@@]3(C)C4C[C@H](O[C@@H]5O[C@H](CO)[C@@H](O)[C@H](O)[C@H]5O)C5C(C)(C)[C@@H](O[C@@H]6OC[C@@H](O)[C@H](O)[C@H]6O)CCC56CC46CC[C@]23C)O1. The molecule has 0 amide bonds. The normalized spacial score (nSPS) is 57.4. The van der Waals surface area contributed by atoms with E-state index in [1.165, 1.54) is 0 Å². The predicted octanol–water partition coefficient (Wildman–Crippen LogP) is 0.932. The zero-order chi connectivity index (χ0) is 40.1. The monoisotopic (exact) mass is 782 g/mol. The summed E-state index contributed by atoms with van der Waals surface area (Å²) in [6.45, 7) is 13.6. The van der Waals surface area contributed by atoms with Crippen LogP contribution in [0.3, 0.4) is 0 Å². The molecule has 3 aliphatic heterocycles. The van der Waals surface area contributed by atoms with Gasteiger partial charge in [0.25, 0.3) is 0 Å². The third-order valence-electron chi connectivity index (χ3n) is 17.4. The van der Waals surface area contributed by atoms with Crippen LogP contribution in [-0.4, -0.2) is 145 Å². The van der Waals surface area contributed by atoms with Gasteiger partial charge in [0.2, 0.25) is 0 Å². The van der Waals surface area contributed by atoms with E-state index in [-0.39, 0.29) is 47.1 Å². The van der Waals surface area contributed by atoms with Crippen molar-refractivity contribution < 1.29 is 69.3 Å². The summed E-state index contributed by atoms with van der Waals surface area (Å²) in [6.07, 6.45) is -7.55. The van der Waals surface area contributed by atoms with E-state index in [4.69, 9.17) is 23.7 Å². The Morgan fingerprint density at radius 1 is 0.800 bits per heavy atom. The first kappa shape index (κ1) is 40.9. The molecule has 314 valence electrons. The average Bonchev–Trinajstić information content (AvgIpc) is 3.47. The van der Waals surface area contributed by atoms with Crippen LogP contribution in [-0.2, 0) is 28.5 Å². The minimum absolute atomic E-state index is 0.0438. The average molecular weight is 783 g/mol. The van der Waals surface area contributed by atoms with Crippen molar-refractivity contribution in [2.75, 3.05) is 13.2 Å². The summed E-state index contributed by atoms with van der Waals surface area (Å²) in [5, 5.41) is 84.9. The van der Waals surface area contributed by atoms with Crippen molar-refractivity contribution in [3.05, 3.63) is 0 Å². The van der Waals surface area contributed by atoms with Gasteiger partial charge in [-0.1, -0.05) is 27.7 Å². The third-order valence-corrected chi connectivity index (χ3v) is 17.4. The summed E-state index contributed by atoms with van der Waals surface area (Å²) in [6, 6.07) is 0. The Morgan fingerprint density at radius 2 is 1.49 bits per heavy atom. The summed E-state index contributed by atoms with van der Waals surface area (Å²) in [7, 11) is 0. The van der Waals surface area contributed by atoms with Gasteiger partial charge < -0.3 is 64.5 Å². The highest BCUT2D eigenvalue weighted by Crippen LogP contribution is 2.89. The summed E-state index contributed by atoms with van der Waals surface area (Å²) in [4.78, 5) is 14.6. The van der Waals surface area contributed by atoms with Gasteiger partial charge >= 0.3 is 0 Å². The van der Waals surface area contributed by atoms with Crippen molar-refractivity contribution in [1.29, 1.82) is 0 Å². The highest BCUT2D eigenvalue weighted by molar-refractivity contribution is 5.87. The molecule has 14 nitrogen and oxygen atoms in total. The molecule has 55 heavy (non-hydrogen) atoms. The topological polar surface area (TPSA) is 225 Å². The summed E-state index contributed by atoms with van der Waals surface area (Å²) in [5.74, 6) is -0.298. The maximum Gasteiger partial charge on any atom is 0.186 e. The highest BCUT2D eigenvalue weighted by Gasteiger charge is 2.85.